The van der Waals surface area contributed by atoms with Gasteiger partial charge in [-0.15, -0.1) is 13.2 Å². The molecular formula is C29H30F3N3O7. The molecule has 0 radical (unpaired) electrons. The quantitative estimate of drug-likeness (QED) is 0.278. The molecule has 1 saturated heterocycles. The summed E-state index contributed by atoms with van der Waals surface area (Å²) in [6.07, 6.45) is -7.75. The number of carbonyl (C=O) groups is 1. The van der Waals surface area contributed by atoms with Crippen molar-refractivity contribution in [3.63, 3.8) is 0 Å². The molecule has 3 aromatic carbocycles. The van der Waals surface area contributed by atoms with Gasteiger partial charge in [0.05, 0.1) is 22.8 Å². The predicted molar refractivity (Wildman–Crippen MR) is 147 cm³/mol. The first-order valence-corrected chi connectivity index (χ1v) is 13.2. The normalized spacial score (nSPS) is 22.9. The molecule has 0 aliphatic carbocycles. The average Bonchev–Trinajstić information content (AvgIpc) is 3.37. The number of nitrogens with zero attached hydrogens (tertiary/aromatic N) is 3. The zero-order valence-corrected chi connectivity index (χ0v) is 23.2. The number of hydrogen-bond acceptors (Lipinski definition) is 7. The van der Waals surface area contributed by atoms with Crippen LogP contribution in [0.5, 0.6) is 5.75 Å². The molecular weight excluding hydrogens is 559 g/mol. The molecule has 42 heavy (non-hydrogen) atoms. The van der Waals surface area contributed by atoms with E-state index in [1.54, 1.807) is 43.1 Å². The number of hydrogen-bond donors (Lipinski definition) is 1. The summed E-state index contributed by atoms with van der Waals surface area (Å²) < 4.78 is 66.7. The van der Waals surface area contributed by atoms with E-state index >= 15 is 0 Å². The van der Waals surface area contributed by atoms with Gasteiger partial charge in [0, 0.05) is 31.9 Å². The molecule has 1 aliphatic rings. The summed E-state index contributed by atoms with van der Waals surface area (Å²) in [6.45, 7) is 4.01. The van der Waals surface area contributed by atoms with E-state index in [-0.39, 0.29) is 5.75 Å². The number of alkyl halides is 3. The van der Waals surface area contributed by atoms with Gasteiger partial charge in [-0.1, -0.05) is 12.1 Å². The van der Waals surface area contributed by atoms with Gasteiger partial charge >= 0.3 is 12.5 Å². The number of benzene rings is 3. The van der Waals surface area contributed by atoms with Gasteiger partial charge in [-0.3, -0.25) is 4.57 Å². The lowest BCUT2D eigenvalue weighted by atomic mass is 9.97. The van der Waals surface area contributed by atoms with E-state index in [4.69, 9.17) is 18.9 Å². The molecule has 1 N–H and O–H groups in total. The third kappa shape index (κ3) is 5.60. The van der Waals surface area contributed by atoms with Crippen LogP contribution in [0.4, 0.5) is 23.7 Å². The molecule has 0 saturated carbocycles. The topological polar surface area (TPSA) is 105 Å². The summed E-state index contributed by atoms with van der Waals surface area (Å²) in [5.41, 5.74) is 2.30. The number of amides is 1. The number of rotatable bonds is 8. The molecule has 4 aromatic rings. The number of methoxy groups -OCH3 is 2. The third-order valence-corrected chi connectivity index (χ3v) is 7.25. The molecule has 0 spiro atoms. The highest BCUT2D eigenvalue weighted by molar-refractivity contribution is 6.06. The van der Waals surface area contributed by atoms with E-state index in [0.717, 1.165) is 15.7 Å². The van der Waals surface area contributed by atoms with Gasteiger partial charge in [-0.05, 0) is 61.7 Å². The van der Waals surface area contributed by atoms with Gasteiger partial charge in [0.15, 0.2) is 6.23 Å². The average molecular weight is 590 g/mol. The van der Waals surface area contributed by atoms with E-state index in [9.17, 15) is 23.1 Å². The van der Waals surface area contributed by atoms with Crippen LogP contribution in [-0.4, -0.2) is 78.6 Å². The lowest BCUT2D eigenvalue weighted by Crippen LogP contribution is -2.64. The van der Waals surface area contributed by atoms with Gasteiger partial charge in [-0.25, -0.2) is 14.7 Å². The molecule has 1 fully saturated rings. The Bertz CT molecular complexity index is 1560. The maximum Gasteiger partial charge on any atom is 0.573 e. The largest absolute Gasteiger partial charge is 0.573 e. The molecule has 1 amide bonds. The number of ether oxygens (including phenoxy) is 5. The van der Waals surface area contributed by atoms with Crippen molar-refractivity contribution < 1.29 is 46.8 Å². The Morgan fingerprint density at radius 2 is 1.76 bits per heavy atom. The fourth-order valence-corrected chi connectivity index (χ4v) is 5.48. The summed E-state index contributed by atoms with van der Waals surface area (Å²) in [6, 6.07) is 14.3. The van der Waals surface area contributed by atoms with E-state index < -0.39 is 43.1 Å². The van der Waals surface area contributed by atoms with Crippen molar-refractivity contribution >= 4 is 33.6 Å². The van der Waals surface area contributed by atoms with E-state index in [1.807, 2.05) is 19.1 Å². The maximum atomic E-state index is 12.6. The lowest BCUT2D eigenvalue weighted by Gasteiger charge is -2.47. The van der Waals surface area contributed by atoms with Crippen LogP contribution in [0.25, 0.3) is 27.5 Å². The van der Waals surface area contributed by atoms with Crippen LogP contribution in [-0.2, 0) is 18.9 Å². The third-order valence-electron chi connectivity index (χ3n) is 7.25. The molecule has 5 rings (SSSR count). The maximum absolute atomic E-state index is 12.6. The Labute approximate surface area is 239 Å². The summed E-state index contributed by atoms with van der Waals surface area (Å²) in [5.74, 6) is -0.325. The van der Waals surface area contributed by atoms with Crippen molar-refractivity contribution in [2.45, 2.75) is 50.9 Å². The van der Waals surface area contributed by atoms with Crippen LogP contribution in [0.3, 0.4) is 0 Å². The first-order chi connectivity index (χ1) is 20.1. The van der Waals surface area contributed by atoms with Gasteiger partial charge in [-0.2, -0.15) is 0 Å². The van der Waals surface area contributed by atoms with Crippen molar-refractivity contribution in [2.75, 3.05) is 25.7 Å². The molecule has 10 nitrogen and oxygen atoms in total. The van der Waals surface area contributed by atoms with Crippen LogP contribution in [0.2, 0.25) is 0 Å². The number of aromatic nitrogens is 2. The second-order valence-electron chi connectivity index (χ2n) is 9.70. The van der Waals surface area contributed by atoms with Crippen LogP contribution in [0, 0.1) is 0 Å². The number of anilines is 1. The van der Waals surface area contributed by atoms with Crippen LogP contribution >= 0.6 is 0 Å². The van der Waals surface area contributed by atoms with E-state index in [0.29, 0.717) is 29.0 Å². The van der Waals surface area contributed by atoms with Crippen molar-refractivity contribution in [1.82, 2.24) is 9.55 Å². The summed E-state index contributed by atoms with van der Waals surface area (Å²) in [7, 11) is 3.02. The lowest BCUT2D eigenvalue weighted by molar-refractivity contribution is -0.274. The molecule has 1 aromatic heterocycles. The second kappa shape index (κ2) is 11.8. The van der Waals surface area contributed by atoms with Crippen molar-refractivity contribution in [3.05, 3.63) is 60.9 Å². The minimum Gasteiger partial charge on any atom is -0.465 e. The minimum atomic E-state index is -4.78. The monoisotopic (exact) mass is 589 g/mol. The fraction of sp³-hybridized carbons (Fsp3) is 0.379. The molecule has 2 heterocycles. The zero-order chi connectivity index (χ0) is 30.2. The Morgan fingerprint density at radius 3 is 2.38 bits per heavy atom. The Kier molecular flexibility index (Phi) is 8.28. The Balaban J connectivity index is 1.50. The predicted octanol–water partition coefficient (Wildman–Crippen LogP) is 5.74. The molecule has 0 unspecified atom stereocenters. The first kappa shape index (κ1) is 29.6. The zero-order valence-electron chi connectivity index (χ0n) is 23.2. The standard InChI is InChI=1S/C29H30F3N3O7/c1-5-40-25-24(38-3)16(2)41-27(26(25)39-4)35(28(36)37)19-9-12-21-17(14-19)6-13-22-23(21)33-15-34(22)18-7-10-20(11-8-18)42-29(30,31)32/h6-16,24-27H,5H2,1-4H3,(H,36,37)/t16-,24-,25+,26+,27+/m0/s1. The molecule has 5 atom stereocenters. The molecule has 1 aliphatic heterocycles. The SMILES string of the molecule is CCO[C@@H]1[C@@H](OC)[C@H](C)O[C@@H](N(C(=O)O)c2ccc3c(ccc4c3ncn4-c3ccc(OC(F)(F)F)cc3)c2)[C@@H]1OC. The van der Waals surface area contributed by atoms with Gasteiger partial charge in [0.2, 0.25) is 0 Å². The van der Waals surface area contributed by atoms with Crippen molar-refractivity contribution in [2.24, 2.45) is 0 Å². The van der Waals surface area contributed by atoms with E-state index in [2.05, 4.69) is 9.72 Å². The molecule has 13 heteroatoms. The summed E-state index contributed by atoms with van der Waals surface area (Å²) in [5, 5.41) is 11.8. The van der Waals surface area contributed by atoms with Gasteiger partial charge < -0.3 is 28.8 Å². The molecule has 0 bridgehead atoms. The first-order valence-electron chi connectivity index (χ1n) is 13.2. The Hall–Kier alpha value is -3.91. The smallest absolute Gasteiger partial charge is 0.465 e. The van der Waals surface area contributed by atoms with Gasteiger partial charge in [0.1, 0.15) is 30.4 Å². The number of fused-ring (bicyclic) bond motifs is 3. The summed E-state index contributed by atoms with van der Waals surface area (Å²) >= 11 is 0. The minimum absolute atomic E-state index is 0.325. The number of imidazole rings is 1. The van der Waals surface area contributed by atoms with Crippen molar-refractivity contribution in [3.8, 4) is 11.4 Å². The highest BCUT2D eigenvalue weighted by atomic mass is 19.4. The van der Waals surface area contributed by atoms with Crippen LogP contribution in [0.15, 0.2) is 60.9 Å². The summed E-state index contributed by atoms with van der Waals surface area (Å²) in [4.78, 5) is 18.3. The highest BCUT2D eigenvalue weighted by Crippen LogP contribution is 2.35. The van der Waals surface area contributed by atoms with E-state index in [1.165, 1.54) is 31.4 Å². The Morgan fingerprint density at radius 1 is 1.05 bits per heavy atom. The number of carboxylic acid groups (broad SMARTS) is 1. The molecule has 224 valence electrons. The highest BCUT2D eigenvalue weighted by Gasteiger charge is 2.49. The van der Waals surface area contributed by atoms with Crippen molar-refractivity contribution in [1.29, 1.82) is 0 Å². The fourth-order valence-electron chi connectivity index (χ4n) is 5.48. The second-order valence-corrected chi connectivity index (χ2v) is 9.70. The van der Waals surface area contributed by atoms with Crippen LogP contribution < -0.4 is 9.64 Å². The number of halogens is 3. The van der Waals surface area contributed by atoms with Gasteiger partial charge in [0.25, 0.3) is 0 Å². The van der Waals surface area contributed by atoms with Crippen LogP contribution in [0.1, 0.15) is 13.8 Å².